The topological polar surface area (TPSA) is 54.7 Å². The maximum Gasteiger partial charge on any atom is 0.273 e. The van der Waals surface area contributed by atoms with E-state index in [1.165, 1.54) is 0 Å². The van der Waals surface area contributed by atoms with Crippen molar-refractivity contribution >= 4 is 17.3 Å². The van der Waals surface area contributed by atoms with Crippen molar-refractivity contribution in [2.75, 3.05) is 13.1 Å². The molecular weight excluding hydrogens is 326 g/mol. The van der Waals surface area contributed by atoms with E-state index in [-0.39, 0.29) is 11.7 Å². The Balaban J connectivity index is 1.86. The minimum absolute atomic E-state index is 0.0637. The fourth-order valence-electron chi connectivity index (χ4n) is 3.38. The molecule has 0 aliphatic carbocycles. The number of aromatic nitrogens is 2. The van der Waals surface area contributed by atoms with Gasteiger partial charge in [0.15, 0.2) is 0 Å². The van der Waals surface area contributed by atoms with Gasteiger partial charge < -0.3 is 4.90 Å². The van der Waals surface area contributed by atoms with Crippen LogP contribution >= 0.6 is 0 Å². The average Bonchev–Trinajstić information content (AvgIpc) is 3.01. The van der Waals surface area contributed by atoms with Crippen LogP contribution in [-0.4, -0.2) is 39.1 Å². The summed E-state index contributed by atoms with van der Waals surface area (Å²) in [5, 5.41) is 0. The van der Waals surface area contributed by atoms with E-state index < -0.39 is 0 Å². The molecule has 0 spiro atoms. The highest BCUT2D eigenvalue weighted by Crippen LogP contribution is 2.27. The number of fused-ring (bicyclic) bond motifs is 1. The summed E-state index contributed by atoms with van der Waals surface area (Å²) in [5.74, 6) is 0.160. The summed E-state index contributed by atoms with van der Waals surface area (Å²) in [7, 11) is 0. The number of nitrogens with zero attached hydrogens (tertiary/aromatic N) is 3. The molecule has 3 heterocycles. The van der Waals surface area contributed by atoms with Crippen LogP contribution < -0.4 is 0 Å². The summed E-state index contributed by atoms with van der Waals surface area (Å²) < 4.78 is 1.88. The van der Waals surface area contributed by atoms with Gasteiger partial charge in [0.2, 0.25) is 0 Å². The van der Waals surface area contributed by atoms with Gasteiger partial charge in [0, 0.05) is 37.7 Å². The summed E-state index contributed by atoms with van der Waals surface area (Å²) >= 11 is 0. The third-order valence-electron chi connectivity index (χ3n) is 4.90. The van der Waals surface area contributed by atoms with E-state index in [1.807, 2.05) is 60.8 Å². The Kier molecular flexibility index (Phi) is 4.07. The van der Waals surface area contributed by atoms with Gasteiger partial charge >= 0.3 is 0 Å². The number of piperidine rings is 1. The molecule has 1 aliphatic heterocycles. The van der Waals surface area contributed by atoms with E-state index in [0.717, 1.165) is 22.3 Å². The SMILES string of the molecule is Cc1ccc(-c2nc3ccc(C)cn3c2C(=O)N2CCC(=O)CC2)cc1. The molecule has 4 rings (SSSR count). The second kappa shape index (κ2) is 6.41. The molecule has 0 atom stereocenters. The quantitative estimate of drug-likeness (QED) is 0.714. The molecule has 2 aromatic heterocycles. The number of carbonyl (C=O) groups is 2. The van der Waals surface area contributed by atoms with Gasteiger partial charge in [-0.3, -0.25) is 14.0 Å². The minimum atomic E-state index is -0.0637. The van der Waals surface area contributed by atoms with E-state index in [4.69, 9.17) is 4.98 Å². The van der Waals surface area contributed by atoms with E-state index in [0.29, 0.717) is 37.3 Å². The Morgan fingerprint density at radius 3 is 2.31 bits per heavy atom. The summed E-state index contributed by atoms with van der Waals surface area (Å²) in [5.41, 5.74) is 5.17. The van der Waals surface area contributed by atoms with Gasteiger partial charge in [-0.05, 0) is 25.5 Å². The van der Waals surface area contributed by atoms with Crippen molar-refractivity contribution in [2.45, 2.75) is 26.7 Å². The number of hydrogen-bond donors (Lipinski definition) is 0. The summed E-state index contributed by atoms with van der Waals surface area (Å²) in [4.78, 5) is 31.3. The van der Waals surface area contributed by atoms with E-state index in [9.17, 15) is 9.59 Å². The van der Waals surface area contributed by atoms with Crippen molar-refractivity contribution in [1.82, 2.24) is 14.3 Å². The van der Waals surface area contributed by atoms with Crippen LogP contribution in [0.4, 0.5) is 0 Å². The fourth-order valence-corrected chi connectivity index (χ4v) is 3.38. The summed E-state index contributed by atoms with van der Waals surface area (Å²) in [6, 6.07) is 12.0. The first-order chi connectivity index (χ1) is 12.5. The number of pyridine rings is 1. The lowest BCUT2D eigenvalue weighted by molar-refractivity contribution is -0.120. The van der Waals surface area contributed by atoms with Gasteiger partial charge in [0.25, 0.3) is 5.91 Å². The second-order valence-electron chi connectivity index (χ2n) is 6.94. The number of benzene rings is 1. The Bertz CT molecular complexity index is 992. The third-order valence-corrected chi connectivity index (χ3v) is 4.90. The predicted octanol–water partition coefficient (Wildman–Crippen LogP) is 3.42. The minimum Gasteiger partial charge on any atom is -0.336 e. The fraction of sp³-hybridized carbons (Fsp3) is 0.286. The molecule has 0 unspecified atom stereocenters. The van der Waals surface area contributed by atoms with Gasteiger partial charge in [-0.1, -0.05) is 35.9 Å². The number of likely N-dealkylation sites (tertiary alicyclic amines) is 1. The number of ketones is 1. The maximum absolute atomic E-state index is 13.3. The zero-order chi connectivity index (χ0) is 18.3. The first-order valence-corrected chi connectivity index (χ1v) is 8.89. The molecule has 1 amide bonds. The molecule has 1 aromatic carbocycles. The highest BCUT2D eigenvalue weighted by molar-refractivity contribution is 6.00. The first-order valence-electron chi connectivity index (χ1n) is 8.89. The van der Waals surface area contributed by atoms with Crippen molar-refractivity contribution in [1.29, 1.82) is 0 Å². The molecule has 1 fully saturated rings. The largest absolute Gasteiger partial charge is 0.336 e. The zero-order valence-electron chi connectivity index (χ0n) is 15.0. The lowest BCUT2D eigenvalue weighted by Crippen LogP contribution is -2.39. The lowest BCUT2D eigenvalue weighted by atomic mass is 10.1. The van der Waals surface area contributed by atoms with Gasteiger partial charge in [-0.15, -0.1) is 0 Å². The summed E-state index contributed by atoms with van der Waals surface area (Å²) in [6.45, 7) is 4.99. The van der Waals surface area contributed by atoms with Crippen LogP contribution in [0.3, 0.4) is 0 Å². The molecule has 0 N–H and O–H groups in total. The molecular formula is C21H21N3O2. The lowest BCUT2D eigenvalue weighted by Gasteiger charge is -2.26. The molecule has 0 saturated carbocycles. The molecule has 1 aliphatic rings. The van der Waals surface area contributed by atoms with Crippen LogP contribution in [0.5, 0.6) is 0 Å². The number of Topliss-reactive ketones (excluding diaryl/α,β-unsaturated/α-hetero) is 1. The van der Waals surface area contributed by atoms with Crippen LogP contribution in [0, 0.1) is 13.8 Å². The van der Waals surface area contributed by atoms with Crippen molar-refractivity contribution in [2.24, 2.45) is 0 Å². The van der Waals surface area contributed by atoms with Gasteiger partial charge in [-0.25, -0.2) is 4.98 Å². The van der Waals surface area contributed by atoms with Crippen LogP contribution in [0.15, 0.2) is 42.6 Å². The monoisotopic (exact) mass is 347 g/mol. The van der Waals surface area contributed by atoms with Crippen LogP contribution in [0.1, 0.15) is 34.5 Å². The molecule has 1 saturated heterocycles. The predicted molar refractivity (Wildman–Crippen MR) is 100 cm³/mol. The zero-order valence-corrected chi connectivity index (χ0v) is 15.0. The maximum atomic E-state index is 13.3. The average molecular weight is 347 g/mol. The van der Waals surface area contributed by atoms with Gasteiger partial charge in [-0.2, -0.15) is 0 Å². The molecule has 132 valence electrons. The molecule has 3 aromatic rings. The number of hydrogen-bond acceptors (Lipinski definition) is 3. The van der Waals surface area contributed by atoms with E-state index in [1.54, 1.807) is 4.90 Å². The molecule has 0 radical (unpaired) electrons. The normalized spacial score (nSPS) is 14.8. The highest BCUT2D eigenvalue weighted by Gasteiger charge is 2.27. The van der Waals surface area contributed by atoms with Crippen molar-refractivity contribution in [3.8, 4) is 11.3 Å². The smallest absolute Gasteiger partial charge is 0.273 e. The number of imidazole rings is 1. The molecule has 0 bridgehead atoms. The molecule has 5 heteroatoms. The Morgan fingerprint density at radius 2 is 1.62 bits per heavy atom. The molecule has 5 nitrogen and oxygen atoms in total. The Labute approximate surface area is 152 Å². The Hall–Kier alpha value is -2.95. The van der Waals surface area contributed by atoms with Crippen LogP contribution in [-0.2, 0) is 4.79 Å². The number of carbonyl (C=O) groups excluding carboxylic acids is 2. The third kappa shape index (κ3) is 2.90. The number of amides is 1. The van der Waals surface area contributed by atoms with E-state index in [2.05, 4.69) is 0 Å². The van der Waals surface area contributed by atoms with Crippen molar-refractivity contribution in [3.63, 3.8) is 0 Å². The van der Waals surface area contributed by atoms with Gasteiger partial charge in [0.05, 0.1) is 0 Å². The van der Waals surface area contributed by atoms with Crippen molar-refractivity contribution < 1.29 is 9.59 Å². The highest BCUT2D eigenvalue weighted by atomic mass is 16.2. The van der Waals surface area contributed by atoms with Gasteiger partial charge in [0.1, 0.15) is 22.8 Å². The standard InChI is InChI=1S/C21H21N3O2/c1-14-3-6-16(7-4-14)19-20(21(26)23-11-9-17(25)10-12-23)24-13-15(2)5-8-18(24)22-19/h3-8,13H,9-12H2,1-2H3. The van der Waals surface area contributed by atoms with Crippen LogP contribution in [0.25, 0.3) is 16.9 Å². The Morgan fingerprint density at radius 1 is 0.962 bits per heavy atom. The number of rotatable bonds is 2. The van der Waals surface area contributed by atoms with Crippen LogP contribution in [0.2, 0.25) is 0 Å². The second-order valence-corrected chi connectivity index (χ2v) is 6.94. The van der Waals surface area contributed by atoms with Crippen molar-refractivity contribution in [3.05, 3.63) is 59.4 Å². The van der Waals surface area contributed by atoms with E-state index >= 15 is 0 Å². The summed E-state index contributed by atoms with van der Waals surface area (Å²) in [6.07, 6.45) is 2.81. The molecule has 26 heavy (non-hydrogen) atoms. The first kappa shape index (κ1) is 16.5. The number of aryl methyl sites for hydroxylation is 2.